The van der Waals surface area contributed by atoms with Crippen LogP contribution in [0.25, 0.3) is 0 Å². The molecule has 0 amide bonds. The fraction of sp³-hybridized carbons (Fsp3) is 0.923. The van der Waals surface area contributed by atoms with E-state index in [1.54, 1.807) is 0 Å². The summed E-state index contributed by atoms with van der Waals surface area (Å²) >= 11 is 0. The average molecular weight is 241 g/mol. The second-order valence-corrected chi connectivity index (χ2v) is 4.98. The first-order chi connectivity index (χ1) is 8.29. The molecule has 2 fully saturated rings. The van der Waals surface area contributed by atoms with Gasteiger partial charge in [0, 0.05) is 25.7 Å². The Balaban J connectivity index is 1.75. The van der Waals surface area contributed by atoms with E-state index in [1.807, 2.05) is 6.92 Å². The van der Waals surface area contributed by atoms with Crippen LogP contribution < -0.4 is 0 Å². The van der Waals surface area contributed by atoms with Crippen LogP contribution in [0.1, 0.15) is 26.2 Å². The lowest BCUT2D eigenvalue weighted by atomic mass is 10.0. The van der Waals surface area contributed by atoms with E-state index in [9.17, 15) is 4.79 Å². The number of likely N-dealkylation sites (tertiary alicyclic amines) is 1. The van der Waals surface area contributed by atoms with E-state index in [0.717, 1.165) is 45.6 Å². The number of hydrogen-bond acceptors (Lipinski definition) is 4. The summed E-state index contributed by atoms with van der Waals surface area (Å²) < 4.78 is 10.9. The highest BCUT2D eigenvalue weighted by atomic mass is 16.5. The maximum atomic E-state index is 12.0. The van der Waals surface area contributed by atoms with Crippen LogP contribution in [0.15, 0.2) is 0 Å². The SMILES string of the molecule is CCOC1CCCN(CC(=O)C2CCOC2)C1. The van der Waals surface area contributed by atoms with Crippen LogP contribution in [-0.4, -0.2) is 56.2 Å². The Bertz CT molecular complexity index is 249. The normalized spacial score (nSPS) is 30.6. The van der Waals surface area contributed by atoms with E-state index in [1.165, 1.54) is 0 Å². The van der Waals surface area contributed by atoms with Crippen LogP contribution in [0.3, 0.4) is 0 Å². The molecule has 0 N–H and O–H groups in total. The third-order valence-corrected chi connectivity index (χ3v) is 3.63. The van der Waals surface area contributed by atoms with Crippen molar-refractivity contribution in [2.45, 2.75) is 32.3 Å². The number of hydrogen-bond donors (Lipinski definition) is 0. The molecule has 2 saturated heterocycles. The van der Waals surface area contributed by atoms with Gasteiger partial charge in [-0.1, -0.05) is 0 Å². The standard InChI is InChI=1S/C13H23NO3/c1-2-17-12-4-3-6-14(8-12)9-13(15)11-5-7-16-10-11/h11-12H,2-10H2,1H3. The van der Waals surface area contributed by atoms with Crippen LogP contribution in [-0.2, 0) is 14.3 Å². The number of nitrogens with zero attached hydrogens (tertiary/aromatic N) is 1. The molecule has 98 valence electrons. The highest BCUT2D eigenvalue weighted by molar-refractivity contribution is 5.83. The minimum Gasteiger partial charge on any atom is -0.381 e. The van der Waals surface area contributed by atoms with Crippen molar-refractivity contribution in [1.82, 2.24) is 4.90 Å². The lowest BCUT2D eigenvalue weighted by molar-refractivity contribution is -0.125. The Hall–Kier alpha value is -0.450. The predicted octanol–water partition coefficient (Wildman–Crippen LogP) is 1.09. The summed E-state index contributed by atoms with van der Waals surface area (Å²) in [5.74, 6) is 0.488. The van der Waals surface area contributed by atoms with Gasteiger partial charge in [-0.2, -0.15) is 0 Å². The summed E-state index contributed by atoms with van der Waals surface area (Å²) in [6.45, 7) is 6.69. The smallest absolute Gasteiger partial charge is 0.152 e. The summed E-state index contributed by atoms with van der Waals surface area (Å²) in [5.41, 5.74) is 0. The Morgan fingerprint density at radius 3 is 3.06 bits per heavy atom. The molecule has 2 heterocycles. The molecule has 0 spiro atoms. The molecule has 0 aromatic carbocycles. The monoisotopic (exact) mass is 241 g/mol. The van der Waals surface area contributed by atoms with E-state index < -0.39 is 0 Å². The fourth-order valence-electron chi connectivity index (χ4n) is 2.67. The molecule has 0 aromatic rings. The summed E-state index contributed by atoms with van der Waals surface area (Å²) in [7, 11) is 0. The maximum Gasteiger partial charge on any atom is 0.152 e. The largest absolute Gasteiger partial charge is 0.381 e. The zero-order valence-corrected chi connectivity index (χ0v) is 10.7. The van der Waals surface area contributed by atoms with Crippen molar-refractivity contribution in [3.63, 3.8) is 0 Å². The third kappa shape index (κ3) is 3.76. The summed E-state index contributed by atoms with van der Waals surface area (Å²) in [6, 6.07) is 0. The highest BCUT2D eigenvalue weighted by Crippen LogP contribution is 2.17. The summed E-state index contributed by atoms with van der Waals surface area (Å²) in [6.07, 6.45) is 3.49. The number of Topliss-reactive ketones (excluding diaryl/α,β-unsaturated/α-hetero) is 1. The molecule has 0 aliphatic carbocycles. The number of carbonyl (C=O) groups excluding carboxylic acids is 1. The van der Waals surface area contributed by atoms with Gasteiger partial charge in [0.05, 0.1) is 19.3 Å². The molecule has 0 aromatic heterocycles. The summed E-state index contributed by atoms with van der Waals surface area (Å²) in [4.78, 5) is 14.3. The number of piperidine rings is 1. The quantitative estimate of drug-likeness (QED) is 0.722. The van der Waals surface area contributed by atoms with Gasteiger partial charge < -0.3 is 9.47 Å². The van der Waals surface area contributed by atoms with Gasteiger partial charge in [0.15, 0.2) is 5.78 Å². The zero-order valence-electron chi connectivity index (χ0n) is 10.7. The van der Waals surface area contributed by atoms with Crippen molar-refractivity contribution in [2.75, 3.05) is 39.5 Å². The Kier molecular flexibility index (Phi) is 4.95. The van der Waals surface area contributed by atoms with Crippen LogP contribution in [0.2, 0.25) is 0 Å². The first-order valence-corrected chi connectivity index (χ1v) is 6.74. The maximum absolute atomic E-state index is 12.0. The number of ether oxygens (including phenoxy) is 2. The first-order valence-electron chi connectivity index (χ1n) is 6.74. The molecular formula is C13H23NO3. The molecule has 2 unspecified atom stereocenters. The van der Waals surface area contributed by atoms with Gasteiger partial charge >= 0.3 is 0 Å². The Labute approximate surface area is 103 Å². The van der Waals surface area contributed by atoms with Crippen molar-refractivity contribution < 1.29 is 14.3 Å². The van der Waals surface area contributed by atoms with Gasteiger partial charge in [-0.15, -0.1) is 0 Å². The van der Waals surface area contributed by atoms with Crippen LogP contribution in [0, 0.1) is 5.92 Å². The molecule has 4 nitrogen and oxygen atoms in total. The van der Waals surface area contributed by atoms with Gasteiger partial charge in [-0.05, 0) is 32.7 Å². The van der Waals surface area contributed by atoms with Crippen molar-refractivity contribution >= 4 is 5.78 Å². The van der Waals surface area contributed by atoms with Crippen LogP contribution >= 0.6 is 0 Å². The molecular weight excluding hydrogens is 218 g/mol. The van der Waals surface area contributed by atoms with Crippen molar-refractivity contribution in [3.05, 3.63) is 0 Å². The Morgan fingerprint density at radius 2 is 2.35 bits per heavy atom. The van der Waals surface area contributed by atoms with Gasteiger partial charge in [0.2, 0.25) is 0 Å². The average Bonchev–Trinajstić information content (AvgIpc) is 2.83. The van der Waals surface area contributed by atoms with E-state index in [2.05, 4.69) is 4.90 Å². The van der Waals surface area contributed by atoms with Crippen LogP contribution in [0.4, 0.5) is 0 Å². The topological polar surface area (TPSA) is 38.8 Å². The minimum atomic E-state index is 0.141. The number of rotatable bonds is 5. The minimum absolute atomic E-state index is 0.141. The van der Waals surface area contributed by atoms with Gasteiger partial charge in [-0.3, -0.25) is 9.69 Å². The van der Waals surface area contributed by atoms with Crippen molar-refractivity contribution in [1.29, 1.82) is 0 Å². The molecule has 2 aliphatic heterocycles. The molecule has 17 heavy (non-hydrogen) atoms. The van der Waals surface area contributed by atoms with E-state index in [0.29, 0.717) is 25.0 Å². The Morgan fingerprint density at radius 1 is 1.47 bits per heavy atom. The molecule has 0 saturated carbocycles. The van der Waals surface area contributed by atoms with Crippen molar-refractivity contribution in [3.8, 4) is 0 Å². The molecule has 0 bridgehead atoms. The van der Waals surface area contributed by atoms with Crippen molar-refractivity contribution in [2.24, 2.45) is 5.92 Å². The van der Waals surface area contributed by atoms with E-state index >= 15 is 0 Å². The molecule has 0 radical (unpaired) electrons. The number of carbonyl (C=O) groups is 1. The zero-order chi connectivity index (χ0) is 12.1. The fourth-order valence-corrected chi connectivity index (χ4v) is 2.67. The molecule has 2 aliphatic rings. The molecule has 2 atom stereocenters. The molecule has 2 rings (SSSR count). The lowest BCUT2D eigenvalue weighted by Gasteiger charge is -2.32. The number of ketones is 1. The van der Waals surface area contributed by atoms with Crippen LogP contribution in [0.5, 0.6) is 0 Å². The highest BCUT2D eigenvalue weighted by Gasteiger charge is 2.27. The second-order valence-electron chi connectivity index (χ2n) is 4.98. The molecule has 4 heteroatoms. The first kappa shape index (κ1) is 13.0. The van der Waals surface area contributed by atoms with Gasteiger partial charge in [-0.25, -0.2) is 0 Å². The lowest BCUT2D eigenvalue weighted by Crippen LogP contribution is -2.43. The second kappa shape index (κ2) is 6.47. The van der Waals surface area contributed by atoms with E-state index in [4.69, 9.17) is 9.47 Å². The summed E-state index contributed by atoms with van der Waals surface area (Å²) in [5, 5.41) is 0. The van der Waals surface area contributed by atoms with Gasteiger partial charge in [0.25, 0.3) is 0 Å². The predicted molar refractivity (Wildman–Crippen MR) is 65.0 cm³/mol. The third-order valence-electron chi connectivity index (χ3n) is 3.63. The van der Waals surface area contributed by atoms with Gasteiger partial charge in [0.1, 0.15) is 0 Å². The van der Waals surface area contributed by atoms with E-state index in [-0.39, 0.29) is 5.92 Å².